The highest BCUT2D eigenvalue weighted by molar-refractivity contribution is 7.22. The Bertz CT molecular complexity index is 1700. The average Bonchev–Trinajstić information content (AvgIpc) is 3.66. The molecule has 10 nitrogen and oxygen atoms in total. The molecule has 1 fully saturated rings. The van der Waals surface area contributed by atoms with Gasteiger partial charge < -0.3 is 20.3 Å². The second kappa shape index (κ2) is 11.2. The van der Waals surface area contributed by atoms with Crippen molar-refractivity contribution >= 4 is 50.1 Å². The summed E-state index contributed by atoms with van der Waals surface area (Å²) in [4.78, 5) is 36.7. The molecule has 0 aliphatic carbocycles. The Morgan fingerprint density at radius 2 is 1.93 bits per heavy atom. The van der Waals surface area contributed by atoms with Crippen LogP contribution in [0.5, 0.6) is 0 Å². The van der Waals surface area contributed by atoms with Gasteiger partial charge in [0.25, 0.3) is 0 Å². The first kappa shape index (κ1) is 25.7. The van der Waals surface area contributed by atoms with Gasteiger partial charge in [0.2, 0.25) is 11.8 Å². The standard InChI is InChI=1S/C29H27N7O3S/c1-2-25(37)31-17-26(38)30-15-18-6-8-19(9-7-18)24-14-23-27(40-24)29(36-10-12-39-13-11-36)34-28(33-23)20-4-3-5-22-21(20)16-32-35-22/h2-9,14,16H,1,10-13,15,17H2,(H,30,38)(H,31,37)(H,32,35). The fourth-order valence-corrected chi connectivity index (χ4v) is 5.74. The van der Waals surface area contributed by atoms with Gasteiger partial charge in [0.15, 0.2) is 11.6 Å². The Hall–Kier alpha value is -4.61. The topological polar surface area (TPSA) is 125 Å². The molecule has 2 amide bonds. The summed E-state index contributed by atoms with van der Waals surface area (Å²) in [5.41, 5.74) is 4.79. The zero-order valence-corrected chi connectivity index (χ0v) is 22.5. The van der Waals surface area contributed by atoms with Gasteiger partial charge in [-0.15, -0.1) is 11.3 Å². The molecule has 0 bridgehead atoms. The summed E-state index contributed by atoms with van der Waals surface area (Å²) >= 11 is 1.67. The van der Waals surface area contributed by atoms with Crippen LogP contribution >= 0.6 is 11.3 Å². The zero-order chi connectivity index (χ0) is 27.5. The molecule has 11 heteroatoms. The molecule has 6 rings (SSSR count). The van der Waals surface area contributed by atoms with Crippen LogP contribution in [-0.2, 0) is 20.9 Å². The van der Waals surface area contributed by atoms with Crippen LogP contribution in [-0.4, -0.2) is 64.8 Å². The zero-order valence-electron chi connectivity index (χ0n) is 21.6. The highest BCUT2D eigenvalue weighted by atomic mass is 32.1. The summed E-state index contributed by atoms with van der Waals surface area (Å²) in [5.74, 6) is 0.943. The van der Waals surface area contributed by atoms with Crippen LogP contribution in [0.4, 0.5) is 5.82 Å². The number of hydrogen-bond acceptors (Lipinski definition) is 8. The number of carbonyl (C=O) groups excluding carboxylic acids is 2. The van der Waals surface area contributed by atoms with E-state index < -0.39 is 0 Å². The molecule has 1 saturated heterocycles. The SMILES string of the molecule is C=CC(=O)NCC(=O)NCc1ccc(-c2cc3nc(-c4cccc5[nH]ncc45)nc(N4CCOCC4)c3s2)cc1. The van der Waals surface area contributed by atoms with Crippen molar-refractivity contribution in [2.24, 2.45) is 0 Å². The number of thiophene rings is 1. The van der Waals surface area contributed by atoms with Crippen molar-refractivity contribution < 1.29 is 14.3 Å². The van der Waals surface area contributed by atoms with Crippen LogP contribution in [0.1, 0.15) is 5.56 Å². The number of benzene rings is 2. The molecule has 1 aliphatic heterocycles. The minimum atomic E-state index is -0.380. The summed E-state index contributed by atoms with van der Waals surface area (Å²) in [6.45, 7) is 6.51. The number of fused-ring (bicyclic) bond motifs is 2. The Balaban J connectivity index is 1.29. The van der Waals surface area contributed by atoms with E-state index in [0.717, 1.165) is 67.7 Å². The second-order valence-corrected chi connectivity index (χ2v) is 10.4. The summed E-state index contributed by atoms with van der Waals surface area (Å²) in [5, 5.41) is 13.5. The maximum atomic E-state index is 12.0. The molecule has 4 heterocycles. The number of rotatable bonds is 8. The third kappa shape index (κ3) is 5.29. The van der Waals surface area contributed by atoms with Crippen LogP contribution < -0.4 is 15.5 Å². The summed E-state index contributed by atoms with van der Waals surface area (Å²) in [6.07, 6.45) is 2.95. The van der Waals surface area contributed by atoms with Crippen molar-refractivity contribution in [3.05, 3.63) is 72.9 Å². The molecule has 0 radical (unpaired) electrons. The Labute approximate surface area is 234 Å². The van der Waals surface area contributed by atoms with E-state index in [0.29, 0.717) is 25.6 Å². The fourth-order valence-electron chi connectivity index (χ4n) is 4.62. The van der Waals surface area contributed by atoms with E-state index >= 15 is 0 Å². The molecule has 202 valence electrons. The summed E-state index contributed by atoms with van der Waals surface area (Å²) in [6, 6.07) is 16.2. The average molecular weight is 554 g/mol. The summed E-state index contributed by atoms with van der Waals surface area (Å²) < 4.78 is 6.64. The van der Waals surface area contributed by atoms with E-state index in [4.69, 9.17) is 14.7 Å². The number of hydrogen-bond donors (Lipinski definition) is 3. The van der Waals surface area contributed by atoms with E-state index in [1.54, 1.807) is 11.3 Å². The number of ether oxygens (including phenoxy) is 1. The van der Waals surface area contributed by atoms with E-state index in [2.05, 4.69) is 38.4 Å². The Morgan fingerprint density at radius 1 is 1.10 bits per heavy atom. The first-order valence-electron chi connectivity index (χ1n) is 12.9. The molecule has 0 saturated carbocycles. The maximum absolute atomic E-state index is 12.0. The minimum absolute atomic E-state index is 0.0890. The highest BCUT2D eigenvalue weighted by Gasteiger charge is 2.21. The number of carbonyl (C=O) groups is 2. The van der Waals surface area contributed by atoms with Crippen molar-refractivity contribution in [1.29, 1.82) is 0 Å². The largest absolute Gasteiger partial charge is 0.378 e. The van der Waals surface area contributed by atoms with Crippen molar-refractivity contribution in [3.63, 3.8) is 0 Å². The molecule has 3 N–H and O–H groups in total. The lowest BCUT2D eigenvalue weighted by atomic mass is 10.1. The van der Waals surface area contributed by atoms with E-state index in [-0.39, 0.29) is 18.4 Å². The molecule has 3 aromatic heterocycles. The third-order valence-corrected chi connectivity index (χ3v) is 7.90. The van der Waals surface area contributed by atoms with Gasteiger partial charge in [-0.25, -0.2) is 9.97 Å². The summed E-state index contributed by atoms with van der Waals surface area (Å²) in [7, 11) is 0. The van der Waals surface area contributed by atoms with Gasteiger partial charge in [0, 0.05) is 35.5 Å². The minimum Gasteiger partial charge on any atom is -0.378 e. The van der Waals surface area contributed by atoms with Crippen molar-refractivity contribution in [1.82, 2.24) is 30.8 Å². The number of morpholine rings is 1. The molecule has 0 unspecified atom stereocenters. The quantitative estimate of drug-likeness (QED) is 0.251. The van der Waals surface area contributed by atoms with Crippen LogP contribution in [0.25, 0.3) is 42.9 Å². The van der Waals surface area contributed by atoms with E-state index in [1.165, 1.54) is 0 Å². The number of amides is 2. The van der Waals surface area contributed by atoms with E-state index in [1.807, 2.05) is 48.7 Å². The smallest absolute Gasteiger partial charge is 0.243 e. The molecule has 1 aliphatic rings. The second-order valence-electron chi connectivity index (χ2n) is 9.33. The lowest BCUT2D eigenvalue weighted by Gasteiger charge is -2.28. The normalized spacial score (nSPS) is 13.4. The number of nitrogens with zero attached hydrogens (tertiary/aromatic N) is 4. The Morgan fingerprint density at radius 3 is 2.73 bits per heavy atom. The molecule has 0 atom stereocenters. The van der Waals surface area contributed by atoms with Gasteiger partial charge in [-0.3, -0.25) is 14.7 Å². The number of nitrogens with one attached hydrogen (secondary N) is 3. The number of aromatic nitrogens is 4. The monoisotopic (exact) mass is 553 g/mol. The van der Waals surface area contributed by atoms with Gasteiger partial charge in [-0.2, -0.15) is 5.10 Å². The lowest BCUT2D eigenvalue weighted by Crippen LogP contribution is -2.36. The lowest BCUT2D eigenvalue weighted by molar-refractivity contribution is -0.124. The van der Waals surface area contributed by atoms with Gasteiger partial charge in [-0.05, 0) is 29.3 Å². The van der Waals surface area contributed by atoms with Crippen molar-refractivity contribution in [2.45, 2.75) is 6.54 Å². The molecular formula is C29H27N7O3S. The fraction of sp³-hybridized carbons (Fsp3) is 0.207. The predicted molar refractivity (Wildman–Crippen MR) is 156 cm³/mol. The van der Waals surface area contributed by atoms with Gasteiger partial charge >= 0.3 is 0 Å². The molecule has 2 aromatic carbocycles. The number of H-pyrrole nitrogens is 1. The molecular weight excluding hydrogens is 526 g/mol. The molecule has 40 heavy (non-hydrogen) atoms. The number of anilines is 1. The van der Waals surface area contributed by atoms with Crippen molar-refractivity contribution in [3.8, 4) is 21.8 Å². The Kier molecular flexibility index (Phi) is 7.21. The first-order valence-corrected chi connectivity index (χ1v) is 13.7. The van der Waals surface area contributed by atoms with Crippen LogP contribution in [0, 0.1) is 0 Å². The number of aromatic amines is 1. The van der Waals surface area contributed by atoms with Gasteiger partial charge in [-0.1, -0.05) is 43.0 Å². The third-order valence-electron chi connectivity index (χ3n) is 6.73. The highest BCUT2D eigenvalue weighted by Crippen LogP contribution is 2.39. The maximum Gasteiger partial charge on any atom is 0.243 e. The molecule has 0 spiro atoms. The van der Waals surface area contributed by atoms with E-state index in [9.17, 15) is 9.59 Å². The predicted octanol–water partition coefficient (Wildman–Crippen LogP) is 3.66. The van der Waals surface area contributed by atoms with Crippen LogP contribution in [0.2, 0.25) is 0 Å². The van der Waals surface area contributed by atoms with Gasteiger partial charge in [0.05, 0.1) is 41.7 Å². The van der Waals surface area contributed by atoms with Crippen molar-refractivity contribution in [2.75, 3.05) is 37.7 Å². The first-order chi connectivity index (χ1) is 19.6. The van der Waals surface area contributed by atoms with Crippen LogP contribution in [0.15, 0.2) is 67.4 Å². The van der Waals surface area contributed by atoms with Gasteiger partial charge in [0.1, 0.15) is 0 Å². The van der Waals surface area contributed by atoms with Crippen LogP contribution in [0.3, 0.4) is 0 Å². The molecule has 5 aromatic rings.